The minimum atomic E-state index is -4.82. The number of ether oxygens (including phenoxy) is 2. The summed E-state index contributed by atoms with van der Waals surface area (Å²) in [7, 11) is 1.13. The number of pyridine rings is 1. The number of nitrogens with zero attached hydrogens (tertiary/aromatic N) is 3. The molecule has 4 rings (SSSR count). The van der Waals surface area contributed by atoms with Crippen molar-refractivity contribution in [2.24, 2.45) is 0 Å². The number of nitrogens with two attached hydrogens (primary N) is 1. The molecule has 0 bridgehead atoms. The van der Waals surface area contributed by atoms with Crippen molar-refractivity contribution in [3.63, 3.8) is 0 Å². The van der Waals surface area contributed by atoms with Gasteiger partial charge < -0.3 is 15.2 Å². The van der Waals surface area contributed by atoms with Gasteiger partial charge in [-0.05, 0) is 17.7 Å². The monoisotopic (exact) mass is 450 g/mol. The second kappa shape index (κ2) is 7.62. The fourth-order valence-corrected chi connectivity index (χ4v) is 3.56. The number of esters is 1. The molecule has 160 valence electrons. The number of hydrogen-bond donors (Lipinski definition) is 1. The molecule has 2 aromatic heterocycles. The van der Waals surface area contributed by atoms with Crippen LogP contribution in [0.2, 0.25) is 5.02 Å². The standard InChI is InChI=1S/C20H14ClF3N4O3/c1-30-18(29)15-16(31-9-10-5-3-2-4-6-10)11-7-8-12(21)14(20(22,23)24)13(11)17-26-19(25)27-28(15)17/h2-8H,9H2,1H3,(H2,25,27). The minimum absolute atomic E-state index is 0.0282. The molecule has 0 aliphatic rings. The Labute approximate surface area is 178 Å². The molecular weight excluding hydrogens is 437 g/mol. The van der Waals surface area contributed by atoms with Crippen LogP contribution in [-0.2, 0) is 17.5 Å². The minimum Gasteiger partial charge on any atom is -0.486 e. The highest BCUT2D eigenvalue weighted by atomic mass is 35.5. The van der Waals surface area contributed by atoms with Crippen molar-refractivity contribution >= 4 is 39.9 Å². The van der Waals surface area contributed by atoms with E-state index in [-0.39, 0.29) is 40.4 Å². The molecule has 0 spiro atoms. The molecule has 2 N–H and O–H groups in total. The zero-order chi connectivity index (χ0) is 22.3. The van der Waals surface area contributed by atoms with Crippen molar-refractivity contribution in [3.8, 4) is 5.75 Å². The number of carbonyl (C=O) groups excluding carboxylic acids is 1. The fourth-order valence-electron chi connectivity index (χ4n) is 3.30. The van der Waals surface area contributed by atoms with E-state index >= 15 is 0 Å². The number of benzene rings is 2. The highest BCUT2D eigenvalue weighted by Crippen LogP contribution is 2.44. The molecule has 2 aromatic carbocycles. The molecule has 7 nitrogen and oxygen atoms in total. The summed E-state index contributed by atoms with van der Waals surface area (Å²) in [5, 5.41) is 2.93. The molecule has 0 amide bonds. The third kappa shape index (κ3) is 3.59. The van der Waals surface area contributed by atoms with Gasteiger partial charge in [0.2, 0.25) is 5.95 Å². The normalized spacial score (nSPS) is 11.8. The Kier molecular flexibility index (Phi) is 5.10. The number of anilines is 1. The SMILES string of the molecule is COC(=O)c1c(OCc2ccccc2)c2ccc(Cl)c(C(F)(F)F)c2c2nc(N)nn12. The summed E-state index contributed by atoms with van der Waals surface area (Å²) in [6, 6.07) is 11.3. The molecule has 0 radical (unpaired) electrons. The zero-order valence-corrected chi connectivity index (χ0v) is 16.7. The number of alkyl halides is 3. The van der Waals surface area contributed by atoms with Crippen molar-refractivity contribution in [2.45, 2.75) is 12.8 Å². The third-order valence-corrected chi connectivity index (χ3v) is 4.88. The average molecular weight is 451 g/mol. The van der Waals surface area contributed by atoms with Gasteiger partial charge in [-0.15, -0.1) is 5.10 Å². The van der Waals surface area contributed by atoms with Gasteiger partial charge in [0, 0.05) is 10.8 Å². The largest absolute Gasteiger partial charge is 0.486 e. The Morgan fingerprint density at radius 3 is 2.55 bits per heavy atom. The van der Waals surface area contributed by atoms with Gasteiger partial charge in [0.1, 0.15) is 6.61 Å². The van der Waals surface area contributed by atoms with Gasteiger partial charge in [-0.3, -0.25) is 0 Å². The number of fused-ring (bicyclic) bond motifs is 3. The zero-order valence-electron chi connectivity index (χ0n) is 15.9. The second-order valence-corrected chi connectivity index (χ2v) is 6.90. The van der Waals surface area contributed by atoms with E-state index in [0.717, 1.165) is 23.3 Å². The highest BCUT2D eigenvalue weighted by molar-refractivity contribution is 6.33. The fraction of sp³-hybridized carbons (Fsp3) is 0.150. The first-order valence-electron chi connectivity index (χ1n) is 8.85. The van der Waals surface area contributed by atoms with E-state index in [2.05, 4.69) is 10.1 Å². The van der Waals surface area contributed by atoms with Crippen molar-refractivity contribution in [3.05, 3.63) is 64.3 Å². The van der Waals surface area contributed by atoms with Crippen LogP contribution in [0.3, 0.4) is 0 Å². The molecule has 0 atom stereocenters. The van der Waals surface area contributed by atoms with Crippen LogP contribution >= 0.6 is 11.6 Å². The number of halogens is 4. The summed E-state index contributed by atoms with van der Waals surface area (Å²) in [6.07, 6.45) is -4.82. The lowest BCUT2D eigenvalue weighted by molar-refractivity contribution is -0.136. The summed E-state index contributed by atoms with van der Waals surface area (Å²) < 4.78 is 53.3. The van der Waals surface area contributed by atoms with Gasteiger partial charge in [-0.2, -0.15) is 22.7 Å². The smallest absolute Gasteiger partial charge is 0.418 e. The summed E-state index contributed by atoms with van der Waals surface area (Å²) in [4.78, 5) is 16.5. The number of hydrogen-bond acceptors (Lipinski definition) is 6. The first kappa shape index (κ1) is 20.7. The quantitative estimate of drug-likeness (QED) is 0.460. The van der Waals surface area contributed by atoms with E-state index in [1.807, 2.05) is 0 Å². The maximum Gasteiger partial charge on any atom is 0.418 e. The molecule has 31 heavy (non-hydrogen) atoms. The summed E-state index contributed by atoms with van der Waals surface area (Å²) in [5.74, 6) is -1.38. The molecule has 0 saturated carbocycles. The predicted molar refractivity (Wildman–Crippen MR) is 107 cm³/mol. The van der Waals surface area contributed by atoms with Gasteiger partial charge in [-0.1, -0.05) is 41.9 Å². The summed E-state index contributed by atoms with van der Waals surface area (Å²) >= 11 is 5.91. The maximum absolute atomic E-state index is 13.9. The number of aromatic nitrogens is 3. The topological polar surface area (TPSA) is 91.7 Å². The number of rotatable bonds is 4. The van der Waals surface area contributed by atoms with Crippen molar-refractivity contribution < 1.29 is 27.4 Å². The molecule has 0 unspecified atom stereocenters. The Balaban J connectivity index is 2.10. The van der Waals surface area contributed by atoms with Gasteiger partial charge >= 0.3 is 12.1 Å². The van der Waals surface area contributed by atoms with E-state index in [1.165, 1.54) is 6.07 Å². The van der Waals surface area contributed by atoms with Crippen LogP contribution < -0.4 is 10.5 Å². The van der Waals surface area contributed by atoms with Crippen LogP contribution in [0.5, 0.6) is 5.75 Å². The van der Waals surface area contributed by atoms with E-state index in [4.69, 9.17) is 26.8 Å². The number of nitrogen functional groups attached to an aromatic ring is 1. The number of methoxy groups -OCH3 is 1. The van der Waals surface area contributed by atoms with E-state index in [9.17, 15) is 18.0 Å². The molecule has 0 aliphatic carbocycles. The van der Waals surface area contributed by atoms with Gasteiger partial charge in [0.25, 0.3) is 0 Å². The maximum atomic E-state index is 13.9. The van der Waals surface area contributed by atoms with E-state index in [0.29, 0.717) is 0 Å². The molecule has 0 aliphatic heterocycles. The predicted octanol–water partition coefficient (Wildman–Crippen LogP) is 4.50. The van der Waals surface area contributed by atoms with Crippen LogP contribution in [-0.4, -0.2) is 27.7 Å². The lowest BCUT2D eigenvalue weighted by atomic mass is 10.0. The third-order valence-electron chi connectivity index (χ3n) is 4.56. The molecule has 0 fully saturated rings. The molecule has 2 heterocycles. The summed E-state index contributed by atoms with van der Waals surface area (Å²) in [6.45, 7) is -0.0282. The van der Waals surface area contributed by atoms with Crippen molar-refractivity contribution in [1.29, 1.82) is 0 Å². The van der Waals surface area contributed by atoms with Crippen LogP contribution in [0.25, 0.3) is 16.4 Å². The number of carbonyl (C=O) groups is 1. The first-order valence-corrected chi connectivity index (χ1v) is 9.22. The van der Waals surface area contributed by atoms with Crippen LogP contribution in [0.1, 0.15) is 21.6 Å². The van der Waals surface area contributed by atoms with Gasteiger partial charge in [-0.25, -0.2) is 4.79 Å². The molecular formula is C20H14ClF3N4O3. The van der Waals surface area contributed by atoms with E-state index in [1.54, 1.807) is 30.3 Å². The lowest BCUT2D eigenvalue weighted by Gasteiger charge is -2.18. The van der Waals surface area contributed by atoms with E-state index < -0.39 is 22.7 Å². The Morgan fingerprint density at radius 2 is 1.90 bits per heavy atom. The lowest BCUT2D eigenvalue weighted by Crippen LogP contribution is -2.15. The highest BCUT2D eigenvalue weighted by Gasteiger charge is 2.38. The van der Waals surface area contributed by atoms with Crippen molar-refractivity contribution in [1.82, 2.24) is 14.6 Å². The first-order chi connectivity index (χ1) is 14.7. The van der Waals surface area contributed by atoms with Gasteiger partial charge in [0.15, 0.2) is 17.1 Å². The van der Waals surface area contributed by atoms with Crippen molar-refractivity contribution in [2.75, 3.05) is 12.8 Å². The molecule has 11 heteroatoms. The Bertz CT molecular complexity index is 1310. The summed E-state index contributed by atoms with van der Waals surface area (Å²) in [5.41, 5.74) is 4.71. The van der Waals surface area contributed by atoms with Crippen LogP contribution in [0.4, 0.5) is 19.1 Å². The average Bonchev–Trinajstić information content (AvgIpc) is 3.12. The Hall–Kier alpha value is -3.53. The molecule has 0 saturated heterocycles. The van der Waals surface area contributed by atoms with Gasteiger partial charge in [0.05, 0.1) is 17.7 Å². The second-order valence-electron chi connectivity index (χ2n) is 6.49. The Morgan fingerprint density at radius 1 is 1.19 bits per heavy atom. The molecule has 4 aromatic rings. The van der Waals surface area contributed by atoms with Crippen LogP contribution in [0, 0.1) is 0 Å². The van der Waals surface area contributed by atoms with Crippen LogP contribution in [0.15, 0.2) is 42.5 Å².